The van der Waals surface area contributed by atoms with Gasteiger partial charge in [0.05, 0.1) is 5.92 Å². The number of benzene rings is 1. The SMILES string of the molecule is Cc1c(I)cccc1C(=O)N1CCC(C(=O)O)C1. The molecule has 1 aromatic rings. The summed E-state index contributed by atoms with van der Waals surface area (Å²) in [7, 11) is 0. The summed E-state index contributed by atoms with van der Waals surface area (Å²) in [6.07, 6.45) is 0.546. The number of halogens is 1. The number of amides is 1. The van der Waals surface area contributed by atoms with Gasteiger partial charge in [0.15, 0.2) is 0 Å². The van der Waals surface area contributed by atoms with Crippen LogP contribution in [-0.2, 0) is 4.79 Å². The van der Waals surface area contributed by atoms with Gasteiger partial charge in [-0.1, -0.05) is 6.07 Å². The van der Waals surface area contributed by atoms with Crippen molar-refractivity contribution in [2.24, 2.45) is 5.92 Å². The van der Waals surface area contributed by atoms with Gasteiger partial charge in [0.25, 0.3) is 5.91 Å². The summed E-state index contributed by atoms with van der Waals surface area (Å²) in [5.41, 5.74) is 1.63. The molecule has 1 saturated heterocycles. The van der Waals surface area contributed by atoms with Gasteiger partial charge in [-0.15, -0.1) is 0 Å². The zero-order chi connectivity index (χ0) is 13.3. The summed E-state index contributed by atoms with van der Waals surface area (Å²) in [4.78, 5) is 24.8. The molecule has 0 aliphatic carbocycles. The third-order valence-corrected chi connectivity index (χ3v) is 4.49. The number of likely N-dealkylation sites (tertiary alicyclic amines) is 1. The molecule has 0 bridgehead atoms. The molecule has 1 amide bonds. The third-order valence-electron chi connectivity index (χ3n) is 3.32. The number of aliphatic carboxylic acids is 1. The Morgan fingerprint density at radius 2 is 2.17 bits per heavy atom. The summed E-state index contributed by atoms with van der Waals surface area (Å²) in [6, 6.07) is 5.61. The molecule has 18 heavy (non-hydrogen) atoms. The van der Waals surface area contributed by atoms with Gasteiger partial charge in [0, 0.05) is 22.2 Å². The first kappa shape index (κ1) is 13.3. The quantitative estimate of drug-likeness (QED) is 0.824. The van der Waals surface area contributed by atoms with E-state index in [-0.39, 0.29) is 5.91 Å². The lowest BCUT2D eigenvalue weighted by Gasteiger charge is -2.17. The van der Waals surface area contributed by atoms with Gasteiger partial charge in [0.1, 0.15) is 0 Å². The number of hydrogen-bond donors (Lipinski definition) is 1. The van der Waals surface area contributed by atoms with Gasteiger partial charge in [0.2, 0.25) is 0 Å². The Bertz CT molecular complexity index is 501. The fourth-order valence-electron chi connectivity index (χ4n) is 2.16. The lowest BCUT2D eigenvalue weighted by molar-refractivity contribution is -0.141. The van der Waals surface area contributed by atoms with Crippen LogP contribution in [0.5, 0.6) is 0 Å². The summed E-state index contributed by atoms with van der Waals surface area (Å²) < 4.78 is 1.05. The van der Waals surface area contributed by atoms with Crippen LogP contribution in [0.4, 0.5) is 0 Å². The predicted octanol–water partition coefficient (Wildman–Crippen LogP) is 2.15. The van der Waals surface area contributed by atoms with Gasteiger partial charge in [-0.05, 0) is 53.6 Å². The summed E-state index contributed by atoms with van der Waals surface area (Å²) in [6.45, 7) is 2.76. The minimum absolute atomic E-state index is 0.0604. The number of hydrogen-bond acceptors (Lipinski definition) is 2. The second kappa shape index (κ2) is 5.26. The Morgan fingerprint density at radius 1 is 1.44 bits per heavy atom. The number of carboxylic acids is 1. The number of nitrogens with zero attached hydrogens (tertiary/aromatic N) is 1. The summed E-state index contributed by atoms with van der Waals surface area (Å²) in [5.74, 6) is -1.29. The Kier molecular flexibility index (Phi) is 3.89. The van der Waals surface area contributed by atoms with E-state index in [0.29, 0.717) is 25.1 Å². The lowest BCUT2D eigenvalue weighted by Crippen LogP contribution is -2.30. The third kappa shape index (κ3) is 2.50. The van der Waals surface area contributed by atoms with E-state index in [1.54, 1.807) is 11.0 Å². The molecule has 1 aliphatic rings. The highest BCUT2D eigenvalue weighted by Gasteiger charge is 2.31. The van der Waals surface area contributed by atoms with E-state index >= 15 is 0 Å². The molecule has 1 atom stereocenters. The number of carboxylic acid groups (broad SMARTS) is 1. The molecule has 1 unspecified atom stereocenters. The molecular weight excluding hydrogens is 345 g/mol. The van der Waals surface area contributed by atoms with Crippen molar-refractivity contribution in [2.75, 3.05) is 13.1 Å². The zero-order valence-electron chi connectivity index (χ0n) is 10.0. The Balaban J connectivity index is 2.18. The fraction of sp³-hybridized carbons (Fsp3) is 0.385. The topological polar surface area (TPSA) is 57.6 Å². The minimum Gasteiger partial charge on any atom is -0.481 e. The normalized spacial score (nSPS) is 19.0. The van der Waals surface area contributed by atoms with Gasteiger partial charge in [-0.3, -0.25) is 9.59 Å². The van der Waals surface area contributed by atoms with Crippen molar-refractivity contribution >= 4 is 34.5 Å². The molecule has 1 N–H and O–H groups in total. The van der Waals surface area contributed by atoms with Crippen LogP contribution in [0.2, 0.25) is 0 Å². The second-order valence-electron chi connectivity index (χ2n) is 4.49. The first-order valence-electron chi connectivity index (χ1n) is 5.78. The fourth-order valence-corrected chi connectivity index (χ4v) is 2.65. The molecule has 1 fully saturated rings. The molecule has 0 aromatic heterocycles. The van der Waals surface area contributed by atoms with Crippen LogP contribution in [-0.4, -0.2) is 35.0 Å². The van der Waals surface area contributed by atoms with Gasteiger partial charge < -0.3 is 10.0 Å². The van der Waals surface area contributed by atoms with Gasteiger partial charge in [-0.25, -0.2) is 0 Å². The van der Waals surface area contributed by atoms with Crippen LogP contribution >= 0.6 is 22.6 Å². The molecule has 2 rings (SSSR count). The standard InChI is InChI=1S/C13H14INO3/c1-8-10(3-2-4-11(8)14)12(16)15-6-5-9(7-15)13(17)18/h2-4,9H,5-7H2,1H3,(H,17,18). The Hall–Kier alpha value is -1.11. The first-order valence-corrected chi connectivity index (χ1v) is 6.85. The minimum atomic E-state index is -0.815. The van der Waals surface area contributed by atoms with E-state index in [1.807, 2.05) is 19.1 Å². The lowest BCUT2D eigenvalue weighted by atomic mass is 10.1. The predicted molar refractivity (Wildman–Crippen MR) is 75.5 cm³/mol. The smallest absolute Gasteiger partial charge is 0.308 e. The van der Waals surface area contributed by atoms with Crippen LogP contribution in [0.1, 0.15) is 22.3 Å². The molecule has 0 spiro atoms. The van der Waals surface area contributed by atoms with Crippen molar-refractivity contribution < 1.29 is 14.7 Å². The summed E-state index contributed by atoms with van der Waals surface area (Å²) >= 11 is 2.20. The highest BCUT2D eigenvalue weighted by atomic mass is 127. The molecule has 0 radical (unpaired) electrons. The molecule has 96 valence electrons. The molecule has 1 aliphatic heterocycles. The molecule has 1 heterocycles. The molecule has 5 heteroatoms. The molecule has 4 nitrogen and oxygen atoms in total. The average Bonchev–Trinajstić information content (AvgIpc) is 2.81. The van der Waals surface area contributed by atoms with Crippen LogP contribution in [0.15, 0.2) is 18.2 Å². The molecule has 0 saturated carbocycles. The first-order chi connectivity index (χ1) is 8.50. The van der Waals surface area contributed by atoms with Crippen molar-refractivity contribution in [3.63, 3.8) is 0 Å². The molecular formula is C13H14INO3. The van der Waals surface area contributed by atoms with Gasteiger partial charge >= 0.3 is 5.97 Å². The van der Waals surface area contributed by atoms with Crippen LogP contribution in [0, 0.1) is 16.4 Å². The highest BCUT2D eigenvalue weighted by molar-refractivity contribution is 14.1. The maximum absolute atomic E-state index is 12.3. The van der Waals surface area contributed by atoms with Crippen LogP contribution in [0.3, 0.4) is 0 Å². The highest BCUT2D eigenvalue weighted by Crippen LogP contribution is 2.22. The number of carbonyl (C=O) groups excluding carboxylic acids is 1. The summed E-state index contributed by atoms with van der Waals surface area (Å²) in [5, 5.41) is 8.94. The van der Waals surface area contributed by atoms with Crippen molar-refractivity contribution in [3.8, 4) is 0 Å². The second-order valence-corrected chi connectivity index (χ2v) is 5.65. The van der Waals surface area contributed by atoms with E-state index in [2.05, 4.69) is 22.6 Å². The van der Waals surface area contributed by atoms with E-state index in [9.17, 15) is 9.59 Å². The number of carbonyl (C=O) groups is 2. The maximum Gasteiger partial charge on any atom is 0.308 e. The zero-order valence-corrected chi connectivity index (χ0v) is 12.2. The molecule has 1 aromatic carbocycles. The van der Waals surface area contributed by atoms with E-state index in [4.69, 9.17) is 5.11 Å². The van der Waals surface area contributed by atoms with Crippen molar-refractivity contribution in [1.29, 1.82) is 0 Å². The monoisotopic (exact) mass is 359 g/mol. The maximum atomic E-state index is 12.3. The van der Waals surface area contributed by atoms with Crippen molar-refractivity contribution in [1.82, 2.24) is 4.90 Å². The average molecular weight is 359 g/mol. The Morgan fingerprint density at radius 3 is 2.78 bits per heavy atom. The largest absolute Gasteiger partial charge is 0.481 e. The van der Waals surface area contributed by atoms with E-state index < -0.39 is 11.9 Å². The van der Waals surface area contributed by atoms with Crippen molar-refractivity contribution in [3.05, 3.63) is 32.9 Å². The van der Waals surface area contributed by atoms with Crippen LogP contribution < -0.4 is 0 Å². The van der Waals surface area contributed by atoms with E-state index in [0.717, 1.165) is 9.13 Å². The van der Waals surface area contributed by atoms with Gasteiger partial charge in [-0.2, -0.15) is 0 Å². The number of rotatable bonds is 2. The van der Waals surface area contributed by atoms with Crippen molar-refractivity contribution in [2.45, 2.75) is 13.3 Å². The van der Waals surface area contributed by atoms with E-state index in [1.165, 1.54) is 0 Å². The van der Waals surface area contributed by atoms with Crippen LogP contribution in [0.25, 0.3) is 0 Å². The Labute approximate surface area is 119 Å².